The number of ether oxygens (including phenoxy) is 2. The molecule has 2 heterocycles. The lowest BCUT2D eigenvalue weighted by Gasteiger charge is -2.18. The molecule has 8 nitrogen and oxygen atoms in total. The quantitative estimate of drug-likeness (QED) is 0.838. The molecule has 0 saturated heterocycles. The largest absolute Gasteiger partial charge is 0.486 e. The van der Waals surface area contributed by atoms with E-state index >= 15 is 0 Å². The highest BCUT2D eigenvalue weighted by molar-refractivity contribution is 7.92. The van der Waals surface area contributed by atoms with Gasteiger partial charge in [-0.15, -0.1) is 0 Å². The van der Waals surface area contributed by atoms with E-state index in [9.17, 15) is 13.2 Å². The molecule has 23 heavy (non-hydrogen) atoms. The van der Waals surface area contributed by atoms with Crippen LogP contribution < -0.4 is 14.2 Å². The Labute approximate surface area is 132 Å². The summed E-state index contributed by atoms with van der Waals surface area (Å²) < 4.78 is 37.7. The van der Waals surface area contributed by atoms with Crippen molar-refractivity contribution >= 4 is 21.8 Å². The summed E-state index contributed by atoms with van der Waals surface area (Å²) in [4.78, 5) is 18.8. The maximum Gasteiger partial charge on any atom is 0.264 e. The van der Waals surface area contributed by atoms with Gasteiger partial charge in [0.2, 0.25) is 5.95 Å². The van der Waals surface area contributed by atoms with Crippen LogP contribution in [0, 0.1) is 0 Å². The summed E-state index contributed by atoms with van der Waals surface area (Å²) in [5, 5.41) is 0. The van der Waals surface area contributed by atoms with Crippen LogP contribution in [-0.4, -0.2) is 37.4 Å². The summed E-state index contributed by atoms with van der Waals surface area (Å²) in [5.74, 6) is 0.542. The van der Waals surface area contributed by atoms with Crippen molar-refractivity contribution < 1.29 is 22.7 Å². The minimum atomic E-state index is -3.88. The minimum Gasteiger partial charge on any atom is -0.486 e. The van der Waals surface area contributed by atoms with Crippen LogP contribution in [0.1, 0.15) is 17.3 Å². The number of fused-ring (bicyclic) bond motifs is 1. The summed E-state index contributed by atoms with van der Waals surface area (Å²) in [6.07, 6.45) is 2.52. The van der Waals surface area contributed by atoms with Gasteiger partial charge in [-0.05, 0) is 19.1 Å². The highest BCUT2D eigenvalue weighted by atomic mass is 32.2. The first-order chi connectivity index (χ1) is 11.0. The monoisotopic (exact) mass is 335 g/mol. The van der Waals surface area contributed by atoms with Crippen molar-refractivity contribution in [2.45, 2.75) is 11.8 Å². The van der Waals surface area contributed by atoms with Gasteiger partial charge in [0, 0.05) is 18.5 Å². The van der Waals surface area contributed by atoms with Crippen LogP contribution in [0.4, 0.5) is 5.95 Å². The van der Waals surface area contributed by atoms with Crippen LogP contribution in [-0.2, 0) is 10.0 Å². The van der Waals surface area contributed by atoms with Crippen molar-refractivity contribution in [3.63, 3.8) is 0 Å². The van der Waals surface area contributed by atoms with Crippen LogP contribution in [0.3, 0.4) is 0 Å². The Morgan fingerprint density at radius 3 is 2.43 bits per heavy atom. The smallest absolute Gasteiger partial charge is 0.264 e. The summed E-state index contributed by atoms with van der Waals surface area (Å²) in [5.41, 5.74) is 0.298. The number of aromatic nitrogens is 2. The summed E-state index contributed by atoms with van der Waals surface area (Å²) in [7, 11) is -3.88. The van der Waals surface area contributed by atoms with Gasteiger partial charge in [-0.1, -0.05) is 0 Å². The van der Waals surface area contributed by atoms with E-state index in [1.54, 1.807) is 0 Å². The molecular formula is C14H13N3O5S. The average Bonchev–Trinajstić information content (AvgIpc) is 2.54. The molecule has 120 valence electrons. The molecule has 0 aliphatic carbocycles. The van der Waals surface area contributed by atoms with Gasteiger partial charge in [-0.2, -0.15) is 0 Å². The van der Waals surface area contributed by atoms with E-state index in [2.05, 4.69) is 14.7 Å². The molecule has 2 aromatic rings. The highest BCUT2D eigenvalue weighted by Crippen LogP contribution is 2.32. The van der Waals surface area contributed by atoms with Crippen LogP contribution >= 0.6 is 0 Å². The molecule has 0 unspecified atom stereocenters. The van der Waals surface area contributed by atoms with E-state index < -0.39 is 10.0 Å². The van der Waals surface area contributed by atoms with Crippen molar-refractivity contribution in [2.75, 3.05) is 17.9 Å². The number of ketones is 1. The molecule has 1 aliphatic rings. The van der Waals surface area contributed by atoms with E-state index in [1.807, 2.05) is 0 Å². The average molecular weight is 335 g/mol. The lowest BCUT2D eigenvalue weighted by Crippen LogP contribution is -2.18. The number of hydrogen-bond donors (Lipinski definition) is 1. The zero-order valence-corrected chi connectivity index (χ0v) is 13.0. The molecule has 3 rings (SSSR count). The number of sulfonamides is 1. The Kier molecular flexibility index (Phi) is 3.87. The van der Waals surface area contributed by atoms with Gasteiger partial charge in [0.25, 0.3) is 10.0 Å². The maximum absolute atomic E-state index is 12.4. The summed E-state index contributed by atoms with van der Waals surface area (Å²) in [6, 6.07) is 4.31. The number of hydrogen-bond acceptors (Lipinski definition) is 7. The first-order valence-corrected chi connectivity index (χ1v) is 8.19. The third kappa shape index (κ3) is 3.24. The molecule has 0 saturated carbocycles. The molecule has 0 bridgehead atoms. The molecule has 0 fully saturated rings. The van der Waals surface area contributed by atoms with Gasteiger partial charge in [0.1, 0.15) is 13.2 Å². The van der Waals surface area contributed by atoms with Gasteiger partial charge < -0.3 is 9.47 Å². The number of nitrogens with zero attached hydrogens (tertiary/aromatic N) is 2. The fraction of sp³-hybridized carbons (Fsp3) is 0.214. The van der Waals surface area contributed by atoms with Gasteiger partial charge in [-0.25, -0.2) is 23.1 Å². The van der Waals surface area contributed by atoms with Crippen molar-refractivity contribution in [3.8, 4) is 11.5 Å². The Balaban J connectivity index is 1.85. The normalized spacial score (nSPS) is 13.4. The molecule has 1 aliphatic heterocycles. The maximum atomic E-state index is 12.4. The van der Waals surface area contributed by atoms with E-state index in [-0.39, 0.29) is 16.6 Å². The van der Waals surface area contributed by atoms with E-state index in [0.717, 1.165) is 0 Å². The third-order valence-electron chi connectivity index (χ3n) is 3.11. The van der Waals surface area contributed by atoms with Crippen molar-refractivity contribution in [1.29, 1.82) is 0 Å². The number of carbonyl (C=O) groups excluding carboxylic acids is 1. The van der Waals surface area contributed by atoms with Gasteiger partial charge in [-0.3, -0.25) is 4.79 Å². The van der Waals surface area contributed by atoms with Gasteiger partial charge >= 0.3 is 0 Å². The molecule has 0 atom stereocenters. The number of anilines is 1. The summed E-state index contributed by atoms with van der Waals surface area (Å²) >= 11 is 0. The van der Waals surface area contributed by atoms with Crippen molar-refractivity contribution in [3.05, 3.63) is 36.2 Å². The van der Waals surface area contributed by atoms with Crippen LogP contribution in [0.5, 0.6) is 11.5 Å². The molecule has 1 aromatic heterocycles. The van der Waals surface area contributed by atoms with Crippen molar-refractivity contribution in [1.82, 2.24) is 9.97 Å². The second-order valence-corrected chi connectivity index (χ2v) is 6.44. The fourth-order valence-electron chi connectivity index (χ4n) is 1.93. The Morgan fingerprint density at radius 2 is 1.78 bits per heavy atom. The number of nitrogens with one attached hydrogen (secondary N) is 1. The van der Waals surface area contributed by atoms with Crippen LogP contribution in [0.15, 0.2) is 35.5 Å². The van der Waals surface area contributed by atoms with Crippen LogP contribution in [0.25, 0.3) is 0 Å². The molecule has 0 spiro atoms. The summed E-state index contributed by atoms with van der Waals surface area (Å²) in [6.45, 7) is 2.16. The van der Waals surface area contributed by atoms with E-state index in [4.69, 9.17) is 9.47 Å². The first kappa shape index (κ1) is 15.2. The fourth-order valence-corrected chi connectivity index (χ4v) is 2.91. The Morgan fingerprint density at radius 1 is 1.13 bits per heavy atom. The minimum absolute atomic E-state index is 0.000921. The zero-order chi connectivity index (χ0) is 16.4. The van der Waals surface area contributed by atoms with Crippen LogP contribution in [0.2, 0.25) is 0 Å². The second kappa shape index (κ2) is 5.84. The Bertz CT molecular complexity index is 849. The standard InChI is InChI=1S/C14H13N3O5S/c1-9(18)10-7-15-14(16-8-10)17-23(19,20)11-2-3-12-13(6-11)22-5-4-21-12/h2-3,6-8H,4-5H2,1H3,(H,15,16,17). The third-order valence-corrected chi connectivity index (χ3v) is 4.43. The number of Topliss-reactive ketones (excluding diaryl/α,β-unsaturated/α-hetero) is 1. The van der Waals surface area contributed by atoms with Gasteiger partial charge in [0.05, 0.1) is 10.5 Å². The van der Waals surface area contributed by atoms with Crippen molar-refractivity contribution in [2.24, 2.45) is 0 Å². The zero-order valence-electron chi connectivity index (χ0n) is 12.1. The first-order valence-electron chi connectivity index (χ1n) is 6.71. The molecule has 9 heteroatoms. The van der Waals surface area contributed by atoms with E-state index in [0.29, 0.717) is 30.3 Å². The molecule has 1 N–H and O–H groups in total. The SMILES string of the molecule is CC(=O)c1cnc(NS(=O)(=O)c2ccc3c(c2)OCCO3)nc1. The second-order valence-electron chi connectivity index (χ2n) is 4.76. The number of carbonyl (C=O) groups is 1. The topological polar surface area (TPSA) is 107 Å². The number of rotatable bonds is 4. The number of benzene rings is 1. The predicted molar refractivity (Wildman–Crippen MR) is 80.3 cm³/mol. The molecular weight excluding hydrogens is 322 g/mol. The lowest BCUT2D eigenvalue weighted by molar-refractivity contribution is 0.101. The molecule has 1 aromatic carbocycles. The lowest BCUT2D eigenvalue weighted by atomic mass is 10.2. The Hall–Kier alpha value is -2.68. The predicted octanol–water partition coefficient (Wildman–Crippen LogP) is 1.25. The van der Waals surface area contributed by atoms with Gasteiger partial charge in [0.15, 0.2) is 17.3 Å². The highest BCUT2D eigenvalue weighted by Gasteiger charge is 2.20. The molecule has 0 radical (unpaired) electrons. The van der Waals surface area contributed by atoms with E-state index in [1.165, 1.54) is 37.5 Å². The molecule has 0 amide bonds.